The van der Waals surface area contributed by atoms with E-state index in [1.54, 1.807) is 17.3 Å². The molecule has 0 saturated carbocycles. The van der Waals surface area contributed by atoms with Gasteiger partial charge < -0.3 is 25.0 Å². The zero-order valence-corrected chi connectivity index (χ0v) is 22.5. The number of carbonyl (C=O) groups is 1. The number of amides is 1. The lowest BCUT2D eigenvalue weighted by Crippen LogP contribution is -2.41. The Balaban J connectivity index is 0.00000512. The van der Waals surface area contributed by atoms with Crippen molar-refractivity contribution in [3.63, 3.8) is 0 Å². The number of aliphatic imine (C=N–C) groups is 1. The Morgan fingerprint density at radius 2 is 2.16 bits per heavy atom. The highest BCUT2D eigenvalue weighted by Gasteiger charge is 2.29. The van der Waals surface area contributed by atoms with Crippen molar-refractivity contribution < 1.29 is 14.3 Å². The van der Waals surface area contributed by atoms with Gasteiger partial charge in [0, 0.05) is 38.6 Å². The summed E-state index contributed by atoms with van der Waals surface area (Å²) in [5.74, 6) is 0.773. The lowest BCUT2D eigenvalue weighted by atomic mass is 10.0. The maximum absolute atomic E-state index is 12.7. The van der Waals surface area contributed by atoms with Crippen molar-refractivity contribution in [3.8, 4) is 0 Å². The van der Waals surface area contributed by atoms with Crippen molar-refractivity contribution in [1.82, 2.24) is 20.5 Å². The van der Waals surface area contributed by atoms with Gasteiger partial charge in [0.1, 0.15) is 5.60 Å². The summed E-state index contributed by atoms with van der Waals surface area (Å²) in [4.78, 5) is 23.3. The molecule has 1 aliphatic rings. The molecule has 1 fully saturated rings. The second kappa shape index (κ2) is 13.8. The first kappa shape index (κ1) is 28.4. The summed E-state index contributed by atoms with van der Waals surface area (Å²) in [6, 6.07) is 3.84. The highest BCUT2D eigenvalue weighted by atomic mass is 127. The minimum Gasteiger partial charge on any atom is -0.444 e. The Labute approximate surface area is 210 Å². The summed E-state index contributed by atoms with van der Waals surface area (Å²) < 4.78 is 11.4. The summed E-state index contributed by atoms with van der Waals surface area (Å²) >= 11 is 0. The first-order valence-electron chi connectivity index (χ1n) is 11.2. The molecule has 0 aliphatic carbocycles. The molecule has 0 spiro atoms. The van der Waals surface area contributed by atoms with E-state index in [0.29, 0.717) is 26.2 Å². The molecule has 32 heavy (non-hydrogen) atoms. The minimum atomic E-state index is -0.536. The molecule has 0 radical (unpaired) electrons. The molecule has 8 nitrogen and oxygen atoms in total. The molecule has 1 aromatic rings. The second-order valence-electron chi connectivity index (χ2n) is 9.14. The zero-order chi connectivity index (χ0) is 22.7. The lowest BCUT2D eigenvalue weighted by Gasteiger charge is -2.27. The topological polar surface area (TPSA) is 88.1 Å². The molecular weight excluding hydrogens is 521 g/mol. The minimum absolute atomic E-state index is 0. The Bertz CT molecular complexity index is 703. The van der Waals surface area contributed by atoms with Gasteiger partial charge in [-0.2, -0.15) is 0 Å². The maximum Gasteiger partial charge on any atom is 0.410 e. The van der Waals surface area contributed by atoms with E-state index < -0.39 is 5.60 Å². The Morgan fingerprint density at radius 1 is 1.38 bits per heavy atom. The first-order valence-corrected chi connectivity index (χ1v) is 11.2. The molecule has 9 heteroatoms. The molecule has 182 valence electrons. The fourth-order valence-electron chi connectivity index (χ4n) is 3.30. The van der Waals surface area contributed by atoms with Crippen LogP contribution < -0.4 is 10.6 Å². The molecule has 1 aromatic heterocycles. The summed E-state index contributed by atoms with van der Waals surface area (Å²) in [5.41, 5.74) is 0.270. The Kier molecular flexibility index (Phi) is 12.3. The summed E-state index contributed by atoms with van der Waals surface area (Å²) in [5, 5.41) is 6.64. The van der Waals surface area contributed by atoms with Crippen LogP contribution in [0.15, 0.2) is 29.5 Å². The van der Waals surface area contributed by atoms with Gasteiger partial charge in [0.25, 0.3) is 0 Å². The van der Waals surface area contributed by atoms with Crippen LogP contribution in [0.2, 0.25) is 0 Å². The van der Waals surface area contributed by atoms with Gasteiger partial charge in [-0.25, -0.2) is 4.79 Å². The van der Waals surface area contributed by atoms with Crippen LogP contribution in [0.1, 0.15) is 59.4 Å². The van der Waals surface area contributed by atoms with Crippen LogP contribution >= 0.6 is 24.0 Å². The number of carbonyl (C=O) groups excluding carboxylic acids is 1. The highest BCUT2D eigenvalue weighted by Crippen LogP contribution is 2.25. The number of halogens is 1. The first-order chi connectivity index (χ1) is 14.7. The maximum atomic E-state index is 12.7. The fraction of sp³-hybridized carbons (Fsp3) is 0.696. The normalized spacial score (nSPS) is 18.6. The zero-order valence-electron chi connectivity index (χ0n) is 20.1. The largest absolute Gasteiger partial charge is 0.444 e. The van der Waals surface area contributed by atoms with Gasteiger partial charge in [-0.1, -0.05) is 6.07 Å². The van der Waals surface area contributed by atoms with E-state index in [2.05, 4.69) is 22.5 Å². The molecule has 1 unspecified atom stereocenters. The number of pyridine rings is 1. The van der Waals surface area contributed by atoms with E-state index in [0.717, 1.165) is 43.9 Å². The molecule has 1 aliphatic heterocycles. The predicted octanol–water partition coefficient (Wildman–Crippen LogP) is 3.95. The van der Waals surface area contributed by atoms with Crippen molar-refractivity contribution in [1.29, 1.82) is 0 Å². The predicted molar refractivity (Wildman–Crippen MR) is 138 cm³/mol. The Hall–Kier alpha value is -1.62. The van der Waals surface area contributed by atoms with Crippen molar-refractivity contribution in [2.45, 2.75) is 71.6 Å². The van der Waals surface area contributed by atoms with E-state index in [1.165, 1.54) is 0 Å². The molecule has 2 heterocycles. The second-order valence-corrected chi connectivity index (χ2v) is 9.14. The number of ether oxygens (including phenoxy) is 2. The van der Waals surface area contributed by atoms with E-state index in [9.17, 15) is 4.79 Å². The van der Waals surface area contributed by atoms with Crippen LogP contribution in [0.3, 0.4) is 0 Å². The summed E-state index contributed by atoms with van der Waals surface area (Å²) in [6.45, 7) is 13.7. The fourth-order valence-corrected chi connectivity index (χ4v) is 3.30. The summed E-state index contributed by atoms with van der Waals surface area (Å²) in [7, 11) is 0. The Morgan fingerprint density at radius 3 is 2.75 bits per heavy atom. The lowest BCUT2D eigenvalue weighted by molar-refractivity contribution is 0.0231. The average Bonchev–Trinajstić information content (AvgIpc) is 3.14. The number of nitrogens with one attached hydrogen (secondary N) is 2. The standard InChI is InChI=1S/C23H39N5O3.HI/c1-6-25-20(27-18-23(5)11-8-15-30-23)26-13-9-14-28(21(29)31-22(2,3)4)17-19-10-7-12-24-16-19;/h7,10,12,16H,6,8-9,11,13-15,17-18H2,1-5H3,(H2,25,26,27);1H. The van der Waals surface area contributed by atoms with Gasteiger partial charge in [0.05, 0.1) is 18.7 Å². The van der Waals surface area contributed by atoms with Crippen LogP contribution in [-0.4, -0.2) is 65.9 Å². The van der Waals surface area contributed by atoms with Crippen LogP contribution in [0.5, 0.6) is 0 Å². The monoisotopic (exact) mass is 561 g/mol. The molecule has 0 aromatic carbocycles. The average molecular weight is 562 g/mol. The van der Waals surface area contributed by atoms with Crippen LogP contribution in [0.25, 0.3) is 0 Å². The van der Waals surface area contributed by atoms with Gasteiger partial charge in [-0.15, -0.1) is 24.0 Å². The van der Waals surface area contributed by atoms with Crippen LogP contribution in [0, 0.1) is 0 Å². The third-order valence-electron chi connectivity index (χ3n) is 4.86. The van der Waals surface area contributed by atoms with E-state index in [-0.39, 0.29) is 35.7 Å². The molecule has 0 bridgehead atoms. The van der Waals surface area contributed by atoms with Crippen molar-refractivity contribution in [3.05, 3.63) is 30.1 Å². The molecule has 1 saturated heterocycles. The molecular formula is C23H40IN5O3. The molecule has 2 N–H and O–H groups in total. The number of hydrogen-bond donors (Lipinski definition) is 2. The number of aromatic nitrogens is 1. The smallest absolute Gasteiger partial charge is 0.410 e. The van der Waals surface area contributed by atoms with Crippen molar-refractivity contribution >= 4 is 36.0 Å². The van der Waals surface area contributed by atoms with E-state index >= 15 is 0 Å². The van der Waals surface area contributed by atoms with Gasteiger partial charge >= 0.3 is 6.09 Å². The van der Waals surface area contributed by atoms with Crippen LogP contribution in [0.4, 0.5) is 4.79 Å². The molecule has 2 rings (SSSR count). The number of guanidine groups is 1. The third-order valence-corrected chi connectivity index (χ3v) is 4.86. The number of rotatable bonds is 9. The third kappa shape index (κ3) is 10.8. The quantitative estimate of drug-likeness (QED) is 0.206. The van der Waals surface area contributed by atoms with Crippen molar-refractivity contribution in [2.75, 3.05) is 32.8 Å². The molecule has 1 amide bonds. The van der Waals surface area contributed by atoms with Gasteiger partial charge in [-0.05, 0) is 65.5 Å². The van der Waals surface area contributed by atoms with Gasteiger partial charge in [0.2, 0.25) is 0 Å². The van der Waals surface area contributed by atoms with Crippen LogP contribution in [-0.2, 0) is 16.0 Å². The van der Waals surface area contributed by atoms with Gasteiger partial charge in [0.15, 0.2) is 5.96 Å². The highest BCUT2D eigenvalue weighted by molar-refractivity contribution is 14.0. The van der Waals surface area contributed by atoms with Gasteiger partial charge in [-0.3, -0.25) is 9.98 Å². The number of hydrogen-bond acceptors (Lipinski definition) is 5. The van der Waals surface area contributed by atoms with E-state index in [1.807, 2.05) is 39.8 Å². The molecule has 1 atom stereocenters. The van der Waals surface area contributed by atoms with E-state index in [4.69, 9.17) is 14.5 Å². The number of nitrogens with zero attached hydrogens (tertiary/aromatic N) is 3. The SMILES string of the molecule is CCNC(=NCC1(C)CCCO1)NCCCN(Cc1cccnc1)C(=O)OC(C)(C)C.I. The van der Waals surface area contributed by atoms with Crippen molar-refractivity contribution in [2.24, 2.45) is 4.99 Å². The summed E-state index contributed by atoms with van der Waals surface area (Å²) in [6.07, 6.45) is 6.07.